The average molecular weight is 523 g/mol. The number of halogens is 1. The molecule has 11 heteroatoms. The molecule has 28 heavy (non-hydrogen) atoms. The first kappa shape index (κ1) is 24.3. The molecule has 0 spiro atoms. The minimum absolute atomic E-state index is 0.196. The molecule has 2 amide bonds. The molecule has 0 fully saturated rings. The first-order valence-electron chi connectivity index (χ1n) is 8.24. The van der Waals surface area contributed by atoms with Gasteiger partial charge in [0, 0.05) is 21.5 Å². The van der Waals surface area contributed by atoms with Gasteiger partial charge in [0.2, 0.25) is 11.8 Å². The number of nitrogens with zero attached hydrogens (tertiary/aromatic N) is 1. The number of hydrogen-bond acceptors (Lipinski definition) is 7. The third kappa shape index (κ3) is 8.12. The Morgan fingerprint density at radius 1 is 1.11 bits per heavy atom. The molecule has 1 rings (SSSR count). The van der Waals surface area contributed by atoms with Crippen molar-refractivity contribution in [1.82, 2.24) is 4.90 Å². The SMILES string of the molecule is NC(CCC(=O)N(CC(=O)O)C(=O)C(N)CSCc1ccccc1I)C(=O)O. The lowest BCUT2D eigenvalue weighted by Crippen LogP contribution is -2.50. The van der Waals surface area contributed by atoms with E-state index in [1.807, 2.05) is 24.3 Å². The summed E-state index contributed by atoms with van der Waals surface area (Å²) >= 11 is 3.59. The third-order valence-corrected chi connectivity index (χ3v) is 5.84. The summed E-state index contributed by atoms with van der Waals surface area (Å²) in [4.78, 5) is 47.0. The van der Waals surface area contributed by atoms with E-state index in [9.17, 15) is 19.2 Å². The number of imide groups is 1. The Labute approximate surface area is 180 Å². The van der Waals surface area contributed by atoms with Crippen molar-refractivity contribution in [2.45, 2.75) is 30.7 Å². The maximum atomic E-state index is 12.5. The summed E-state index contributed by atoms with van der Waals surface area (Å²) in [6, 6.07) is 5.38. The van der Waals surface area contributed by atoms with Gasteiger partial charge in [-0.3, -0.25) is 24.1 Å². The van der Waals surface area contributed by atoms with E-state index in [1.165, 1.54) is 11.8 Å². The van der Waals surface area contributed by atoms with Crippen LogP contribution >= 0.6 is 34.4 Å². The molecular formula is C17H22IN3O6S. The smallest absolute Gasteiger partial charge is 0.323 e. The van der Waals surface area contributed by atoms with Crippen molar-refractivity contribution < 1.29 is 29.4 Å². The van der Waals surface area contributed by atoms with Gasteiger partial charge in [-0.25, -0.2) is 0 Å². The van der Waals surface area contributed by atoms with Crippen molar-refractivity contribution >= 4 is 58.1 Å². The summed E-state index contributed by atoms with van der Waals surface area (Å²) in [5.41, 5.74) is 12.3. The molecule has 0 bridgehead atoms. The lowest BCUT2D eigenvalue weighted by Gasteiger charge is -2.22. The Balaban J connectivity index is 2.66. The molecule has 0 aliphatic rings. The van der Waals surface area contributed by atoms with Crippen LogP contribution in [0, 0.1) is 3.57 Å². The summed E-state index contributed by atoms with van der Waals surface area (Å²) in [7, 11) is 0. The number of amides is 2. The predicted molar refractivity (Wildman–Crippen MR) is 112 cm³/mol. The van der Waals surface area contributed by atoms with E-state index in [2.05, 4.69) is 22.6 Å². The lowest BCUT2D eigenvalue weighted by atomic mass is 10.1. The van der Waals surface area contributed by atoms with Crippen LogP contribution < -0.4 is 11.5 Å². The van der Waals surface area contributed by atoms with Crippen LogP contribution in [0.5, 0.6) is 0 Å². The minimum Gasteiger partial charge on any atom is -0.480 e. The Bertz CT molecular complexity index is 733. The van der Waals surface area contributed by atoms with Crippen LogP contribution in [0.1, 0.15) is 18.4 Å². The molecule has 0 aliphatic carbocycles. The van der Waals surface area contributed by atoms with Crippen molar-refractivity contribution in [3.63, 3.8) is 0 Å². The van der Waals surface area contributed by atoms with Gasteiger partial charge in [-0.1, -0.05) is 18.2 Å². The van der Waals surface area contributed by atoms with Crippen molar-refractivity contribution in [2.24, 2.45) is 11.5 Å². The number of carbonyl (C=O) groups excluding carboxylic acids is 2. The second-order valence-electron chi connectivity index (χ2n) is 5.91. The van der Waals surface area contributed by atoms with E-state index < -0.39 is 42.4 Å². The van der Waals surface area contributed by atoms with Crippen molar-refractivity contribution in [1.29, 1.82) is 0 Å². The maximum Gasteiger partial charge on any atom is 0.323 e. The van der Waals surface area contributed by atoms with Crippen molar-refractivity contribution in [3.05, 3.63) is 33.4 Å². The predicted octanol–water partition coefficient (Wildman–Crippen LogP) is 0.484. The first-order chi connectivity index (χ1) is 13.1. The fourth-order valence-corrected chi connectivity index (χ4v) is 3.97. The second-order valence-corrected chi connectivity index (χ2v) is 8.10. The number of carbonyl (C=O) groups is 4. The standard InChI is InChI=1S/C17H22IN3O6S/c18-11-4-2-1-3-10(11)8-28-9-13(20)16(25)21(7-15(23)24)14(22)6-5-12(19)17(26)27/h1-4,12-13H,5-9,19-20H2,(H,23,24)(H,26,27). The quantitative estimate of drug-likeness (QED) is 0.302. The summed E-state index contributed by atoms with van der Waals surface area (Å²) in [6.07, 6.45) is -0.581. The van der Waals surface area contributed by atoms with Crippen LogP contribution in [-0.4, -0.2) is 63.2 Å². The molecule has 0 heterocycles. The molecule has 0 radical (unpaired) electrons. The summed E-state index contributed by atoms with van der Waals surface area (Å²) in [5, 5.41) is 17.7. The number of carboxylic acid groups (broad SMARTS) is 2. The zero-order chi connectivity index (χ0) is 21.3. The zero-order valence-corrected chi connectivity index (χ0v) is 17.9. The molecule has 6 N–H and O–H groups in total. The summed E-state index contributed by atoms with van der Waals surface area (Å²) in [6.45, 7) is -0.838. The molecule has 0 aromatic heterocycles. The Morgan fingerprint density at radius 2 is 1.75 bits per heavy atom. The van der Waals surface area contributed by atoms with Gasteiger partial charge in [-0.2, -0.15) is 11.8 Å². The molecular weight excluding hydrogens is 501 g/mol. The van der Waals surface area contributed by atoms with E-state index in [0.29, 0.717) is 10.7 Å². The monoisotopic (exact) mass is 523 g/mol. The average Bonchev–Trinajstić information content (AvgIpc) is 2.64. The third-order valence-electron chi connectivity index (χ3n) is 3.68. The van der Waals surface area contributed by atoms with Crippen LogP contribution in [-0.2, 0) is 24.9 Å². The Morgan fingerprint density at radius 3 is 2.32 bits per heavy atom. The topological polar surface area (TPSA) is 164 Å². The molecule has 0 saturated heterocycles. The molecule has 1 aromatic rings. The van der Waals surface area contributed by atoms with E-state index in [4.69, 9.17) is 21.7 Å². The highest BCUT2D eigenvalue weighted by Crippen LogP contribution is 2.19. The van der Waals surface area contributed by atoms with Crippen LogP contribution in [0.3, 0.4) is 0 Å². The number of nitrogens with two attached hydrogens (primary N) is 2. The van der Waals surface area contributed by atoms with Gasteiger partial charge in [0.05, 0.1) is 6.04 Å². The van der Waals surface area contributed by atoms with Gasteiger partial charge < -0.3 is 21.7 Å². The molecule has 2 unspecified atom stereocenters. The summed E-state index contributed by atoms with van der Waals surface area (Å²) in [5.74, 6) is -3.48. The van der Waals surface area contributed by atoms with Crippen LogP contribution in [0.2, 0.25) is 0 Å². The van der Waals surface area contributed by atoms with Crippen molar-refractivity contribution in [3.8, 4) is 0 Å². The highest BCUT2D eigenvalue weighted by Gasteiger charge is 2.29. The van der Waals surface area contributed by atoms with Crippen LogP contribution in [0.4, 0.5) is 0 Å². The number of rotatable bonds is 11. The fourth-order valence-electron chi connectivity index (χ4n) is 2.14. The molecule has 0 saturated carbocycles. The van der Waals surface area contributed by atoms with Gasteiger partial charge in [0.1, 0.15) is 12.6 Å². The number of aliphatic carboxylic acids is 2. The molecule has 1 aromatic carbocycles. The van der Waals surface area contributed by atoms with Gasteiger partial charge in [0.25, 0.3) is 0 Å². The van der Waals surface area contributed by atoms with E-state index in [-0.39, 0.29) is 18.6 Å². The van der Waals surface area contributed by atoms with Crippen LogP contribution in [0.25, 0.3) is 0 Å². The fraction of sp³-hybridized carbons (Fsp3) is 0.412. The van der Waals surface area contributed by atoms with E-state index in [1.54, 1.807) is 0 Å². The molecule has 9 nitrogen and oxygen atoms in total. The number of hydrogen-bond donors (Lipinski definition) is 4. The van der Waals surface area contributed by atoms with Gasteiger partial charge >= 0.3 is 11.9 Å². The van der Waals surface area contributed by atoms with E-state index >= 15 is 0 Å². The maximum absolute atomic E-state index is 12.5. The molecule has 2 atom stereocenters. The number of carboxylic acids is 2. The number of thioether (sulfide) groups is 1. The molecule has 0 aliphatic heterocycles. The number of benzene rings is 1. The highest BCUT2D eigenvalue weighted by molar-refractivity contribution is 14.1. The summed E-state index contributed by atoms with van der Waals surface area (Å²) < 4.78 is 1.07. The Kier molecular flexibility index (Phi) is 10.4. The largest absolute Gasteiger partial charge is 0.480 e. The van der Waals surface area contributed by atoms with Crippen molar-refractivity contribution in [2.75, 3.05) is 12.3 Å². The van der Waals surface area contributed by atoms with Gasteiger partial charge in [-0.15, -0.1) is 0 Å². The minimum atomic E-state index is -1.37. The normalized spacial score (nSPS) is 12.8. The van der Waals surface area contributed by atoms with E-state index in [0.717, 1.165) is 9.13 Å². The van der Waals surface area contributed by atoms with Crippen LogP contribution in [0.15, 0.2) is 24.3 Å². The Hall–Kier alpha value is -1.70. The highest BCUT2D eigenvalue weighted by atomic mass is 127. The lowest BCUT2D eigenvalue weighted by molar-refractivity contribution is -0.153. The van der Waals surface area contributed by atoms with Gasteiger partial charge in [-0.05, 0) is 40.6 Å². The first-order valence-corrected chi connectivity index (χ1v) is 10.5. The van der Waals surface area contributed by atoms with Gasteiger partial charge in [0.15, 0.2) is 0 Å². The molecule has 154 valence electrons. The second kappa shape index (κ2) is 12.0. The zero-order valence-electron chi connectivity index (χ0n) is 14.9.